The van der Waals surface area contributed by atoms with Crippen molar-refractivity contribution >= 4 is 17.7 Å². The summed E-state index contributed by atoms with van der Waals surface area (Å²) in [4.78, 5) is 12.6. The Balaban J connectivity index is 2.41. The molecule has 0 aromatic heterocycles. The molecule has 1 N–H and O–H groups in total. The maximum Gasteiger partial charge on any atom is 0.266 e. The molecule has 0 heterocycles. The maximum absolute atomic E-state index is 12.6. The number of ether oxygens (including phenoxy) is 3. The lowest BCUT2D eigenvalue weighted by Gasteiger charge is -2.13. The molecule has 0 spiro atoms. The van der Waals surface area contributed by atoms with Crippen molar-refractivity contribution < 1.29 is 19.0 Å². The van der Waals surface area contributed by atoms with Crippen molar-refractivity contribution in [2.24, 2.45) is 0 Å². The zero-order valence-corrected chi connectivity index (χ0v) is 16.0. The fourth-order valence-electron chi connectivity index (χ4n) is 2.69. The van der Waals surface area contributed by atoms with Gasteiger partial charge in [0.25, 0.3) is 5.91 Å². The molecule has 6 nitrogen and oxygen atoms in total. The highest BCUT2D eigenvalue weighted by Gasteiger charge is 2.16. The third-order valence-electron chi connectivity index (χ3n) is 4.08. The molecule has 0 unspecified atom stereocenters. The first-order valence-corrected chi connectivity index (χ1v) is 8.24. The van der Waals surface area contributed by atoms with Crippen molar-refractivity contribution in [1.82, 2.24) is 0 Å². The van der Waals surface area contributed by atoms with Gasteiger partial charge in [0.15, 0.2) is 11.5 Å². The summed E-state index contributed by atoms with van der Waals surface area (Å²) in [5.74, 6) is 0.838. The fraction of sp³-hybridized carbons (Fsp3) is 0.238. The molecule has 0 saturated carbocycles. The van der Waals surface area contributed by atoms with E-state index in [0.29, 0.717) is 28.5 Å². The van der Waals surface area contributed by atoms with E-state index in [1.165, 1.54) is 27.4 Å². The highest BCUT2D eigenvalue weighted by molar-refractivity contribution is 6.10. The SMILES string of the molecule is COc1cc(/C=C(\C#N)C(=O)Nc2c(C)cccc2C)cc(OC)c1OC. The number of hydrogen-bond donors (Lipinski definition) is 1. The molecule has 2 aromatic rings. The molecule has 27 heavy (non-hydrogen) atoms. The van der Waals surface area contributed by atoms with Gasteiger partial charge in [-0.25, -0.2) is 0 Å². The number of hydrogen-bond acceptors (Lipinski definition) is 5. The predicted octanol–water partition coefficient (Wildman–Crippen LogP) is 3.87. The van der Waals surface area contributed by atoms with Gasteiger partial charge < -0.3 is 19.5 Å². The Morgan fingerprint density at radius 1 is 1.04 bits per heavy atom. The topological polar surface area (TPSA) is 80.6 Å². The second-order valence-corrected chi connectivity index (χ2v) is 5.85. The molecule has 1 amide bonds. The molecule has 0 aliphatic carbocycles. The lowest BCUT2D eigenvalue weighted by atomic mass is 10.1. The molecule has 2 aromatic carbocycles. The third kappa shape index (κ3) is 4.39. The summed E-state index contributed by atoms with van der Waals surface area (Å²) in [6, 6.07) is 11.0. The van der Waals surface area contributed by atoms with E-state index < -0.39 is 5.91 Å². The molecule has 2 rings (SSSR count). The van der Waals surface area contributed by atoms with E-state index >= 15 is 0 Å². The average Bonchev–Trinajstić information content (AvgIpc) is 2.67. The van der Waals surface area contributed by atoms with Crippen LogP contribution in [0, 0.1) is 25.2 Å². The number of rotatable bonds is 6. The molecule has 140 valence electrons. The minimum atomic E-state index is -0.483. The smallest absolute Gasteiger partial charge is 0.266 e. The minimum absolute atomic E-state index is 0.0353. The van der Waals surface area contributed by atoms with Gasteiger partial charge in [0.2, 0.25) is 5.75 Å². The van der Waals surface area contributed by atoms with Crippen LogP contribution >= 0.6 is 0 Å². The summed E-state index contributed by atoms with van der Waals surface area (Å²) < 4.78 is 15.9. The molecule has 0 radical (unpaired) electrons. The second kappa shape index (κ2) is 8.77. The standard InChI is InChI=1S/C21H22N2O4/c1-13-7-6-8-14(2)19(13)23-21(24)16(12-22)9-15-10-17(25-3)20(27-5)18(11-15)26-4/h6-11H,1-5H3,(H,23,24)/b16-9+. The molecular weight excluding hydrogens is 344 g/mol. The van der Waals surface area contributed by atoms with Crippen molar-refractivity contribution in [3.63, 3.8) is 0 Å². The van der Waals surface area contributed by atoms with Crippen LogP contribution in [0.1, 0.15) is 16.7 Å². The molecular formula is C21H22N2O4. The number of nitriles is 1. The number of nitrogens with one attached hydrogen (secondary N) is 1. The Morgan fingerprint density at radius 3 is 2.04 bits per heavy atom. The van der Waals surface area contributed by atoms with Crippen molar-refractivity contribution in [2.75, 3.05) is 26.6 Å². The number of para-hydroxylation sites is 1. The molecule has 0 fully saturated rings. The molecule has 6 heteroatoms. The predicted molar refractivity (Wildman–Crippen MR) is 104 cm³/mol. The summed E-state index contributed by atoms with van der Waals surface area (Å²) in [5, 5.41) is 12.3. The van der Waals surface area contributed by atoms with E-state index in [-0.39, 0.29) is 5.57 Å². The molecule has 0 bridgehead atoms. The number of methoxy groups -OCH3 is 3. The van der Waals surface area contributed by atoms with Crippen molar-refractivity contribution in [3.8, 4) is 23.3 Å². The van der Waals surface area contributed by atoms with E-state index in [4.69, 9.17) is 14.2 Å². The van der Waals surface area contributed by atoms with Gasteiger partial charge in [0.1, 0.15) is 11.6 Å². The van der Waals surface area contributed by atoms with Crippen LogP contribution in [0.15, 0.2) is 35.9 Å². The van der Waals surface area contributed by atoms with Crippen molar-refractivity contribution in [3.05, 3.63) is 52.6 Å². The Morgan fingerprint density at radius 2 is 1.59 bits per heavy atom. The van der Waals surface area contributed by atoms with Crippen molar-refractivity contribution in [1.29, 1.82) is 5.26 Å². The number of nitrogens with zero attached hydrogens (tertiary/aromatic N) is 1. The minimum Gasteiger partial charge on any atom is -0.493 e. The van der Waals surface area contributed by atoms with Gasteiger partial charge in [0.05, 0.1) is 21.3 Å². The number of carbonyl (C=O) groups is 1. The lowest BCUT2D eigenvalue weighted by Crippen LogP contribution is -2.15. The van der Waals surface area contributed by atoms with Gasteiger partial charge in [-0.1, -0.05) is 18.2 Å². The Hall–Kier alpha value is -3.46. The van der Waals surface area contributed by atoms with E-state index in [1.54, 1.807) is 12.1 Å². The van der Waals surface area contributed by atoms with E-state index in [1.807, 2.05) is 38.1 Å². The largest absolute Gasteiger partial charge is 0.493 e. The van der Waals surface area contributed by atoms with Crippen LogP contribution in [0.25, 0.3) is 6.08 Å². The number of carbonyl (C=O) groups excluding carboxylic acids is 1. The zero-order valence-electron chi connectivity index (χ0n) is 16.0. The van der Waals surface area contributed by atoms with Crippen LogP contribution < -0.4 is 19.5 Å². The van der Waals surface area contributed by atoms with E-state index in [2.05, 4.69) is 5.32 Å². The summed E-state index contributed by atoms with van der Waals surface area (Å²) in [7, 11) is 4.52. The highest BCUT2D eigenvalue weighted by Crippen LogP contribution is 2.38. The number of anilines is 1. The van der Waals surface area contributed by atoms with Crippen LogP contribution in [0.4, 0.5) is 5.69 Å². The van der Waals surface area contributed by atoms with Gasteiger partial charge in [-0.05, 0) is 48.7 Å². The number of benzene rings is 2. The van der Waals surface area contributed by atoms with Crippen LogP contribution in [0.5, 0.6) is 17.2 Å². The molecule has 0 saturated heterocycles. The zero-order chi connectivity index (χ0) is 20.0. The maximum atomic E-state index is 12.6. The highest BCUT2D eigenvalue weighted by atomic mass is 16.5. The summed E-state index contributed by atoms with van der Waals surface area (Å²) in [6.45, 7) is 3.80. The van der Waals surface area contributed by atoms with Crippen molar-refractivity contribution in [2.45, 2.75) is 13.8 Å². The van der Waals surface area contributed by atoms with E-state index in [9.17, 15) is 10.1 Å². The fourth-order valence-corrected chi connectivity index (χ4v) is 2.69. The summed E-state index contributed by atoms with van der Waals surface area (Å²) in [5.41, 5.74) is 3.10. The summed E-state index contributed by atoms with van der Waals surface area (Å²) in [6.07, 6.45) is 1.48. The Labute approximate surface area is 159 Å². The Kier molecular flexibility index (Phi) is 6.45. The third-order valence-corrected chi connectivity index (χ3v) is 4.08. The Bertz CT molecular complexity index is 881. The van der Waals surface area contributed by atoms with Gasteiger partial charge >= 0.3 is 0 Å². The molecule has 0 aliphatic rings. The quantitative estimate of drug-likeness (QED) is 0.620. The first kappa shape index (κ1) is 19.9. The normalized spacial score (nSPS) is 10.7. The van der Waals surface area contributed by atoms with Crippen LogP contribution in [-0.2, 0) is 4.79 Å². The average molecular weight is 366 g/mol. The van der Waals surface area contributed by atoms with Crippen LogP contribution in [0.3, 0.4) is 0 Å². The second-order valence-electron chi connectivity index (χ2n) is 5.85. The number of aryl methyl sites for hydroxylation is 2. The summed E-state index contributed by atoms with van der Waals surface area (Å²) >= 11 is 0. The van der Waals surface area contributed by atoms with Gasteiger partial charge in [-0.3, -0.25) is 4.79 Å². The van der Waals surface area contributed by atoms with Gasteiger partial charge in [-0.15, -0.1) is 0 Å². The monoisotopic (exact) mass is 366 g/mol. The van der Waals surface area contributed by atoms with Crippen LogP contribution in [-0.4, -0.2) is 27.2 Å². The van der Waals surface area contributed by atoms with Gasteiger partial charge in [0, 0.05) is 5.69 Å². The van der Waals surface area contributed by atoms with E-state index in [0.717, 1.165) is 11.1 Å². The lowest BCUT2D eigenvalue weighted by molar-refractivity contribution is -0.112. The number of amides is 1. The van der Waals surface area contributed by atoms with Crippen LogP contribution in [0.2, 0.25) is 0 Å². The first-order chi connectivity index (χ1) is 12.9. The molecule has 0 aliphatic heterocycles. The molecule has 0 atom stereocenters. The van der Waals surface area contributed by atoms with Gasteiger partial charge in [-0.2, -0.15) is 5.26 Å². The first-order valence-electron chi connectivity index (χ1n) is 8.24.